The number of carbonyl (C=O) groups excluding carboxylic acids is 1. The largest absolute Gasteiger partial charge is 0.469 e. The average Bonchev–Trinajstić information content (AvgIpc) is 2.28. The molecule has 0 aliphatic rings. The van der Waals surface area contributed by atoms with Crippen molar-refractivity contribution in [2.45, 2.75) is 11.8 Å². The molecule has 5 nitrogen and oxygen atoms in total. The first-order valence-electron chi connectivity index (χ1n) is 4.58. The third-order valence-corrected chi connectivity index (χ3v) is 2.78. The van der Waals surface area contributed by atoms with Crippen molar-refractivity contribution in [3.63, 3.8) is 0 Å². The van der Waals surface area contributed by atoms with Gasteiger partial charge in [-0.05, 0) is 17.2 Å². The van der Waals surface area contributed by atoms with Crippen LogP contribution in [0.2, 0.25) is 0 Å². The smallest absolute Gasteiger partial charge is 0.309 e. The van der Waals surface area contributed by atoms with Crippen LogP contribution in [0.4, 0.5) is 10.1 Å². The van der Waals surface area contributed by atoms with Gasteiger partial charge in [-0.2, -0.15) is 4.39 Å². The van der Waals surface area contributed by atoms with Crippen molar-refractivity contribution in [1.82, 2.24) is 0 Å². The van der Waals surface area contributed by atoms with Crippen molar-refractivity contribution < 1.29 is 18.8 Å². The number of ether oxygens (including phenoxy) is 1. The Morgan fingerprint density at radius 2 is 2.18 bits per heavy atom. The Hall–Kier alpha value is -1.50. The lowest BCUT2D eigenvalue weighted by Gasteiger charge is -2.06. The summed E-state index contributed by atoms with van der Waals surface area (Å²) >= 11 is 3.13. The van der Waals surface area contributed by atoms with Gasteiger partial charge < -0.3 is 4.74 Å². The van der Waals surface area contributed by atoms with E-state index in [1.807, 2.05) is 0 Å². The number of halogens is 2. The summed E-state index contributed by atoms with van der Waals surface area (Å²) in [5.41, 5.74) is 0.258. The van der Waals surface area contributed by atoms with Gasteiger partial charge in [-0.15, -0.1) is 0 Å². The van der Waals surface area contributed by atoms with Crippen molar-refractivity contribution in [1.29, 1.82) is 0 Å². The molecule has 0 heterocycles. The standard InChI is InChI=1S/C10H9BrFNO4/c1-17-10(14)4-6-2-8(12)9(13(15)16)3-7(6)5-11/h2-3H,4-5H2,1H3. The number of nitro groups is 1. The molecule has 1 aromatic rings. The van der Waals surface area contributed by atoms with Crippen LogP contribution in [0.5, 0.6) is 0 Å². The van der Waals surface area contributed by atoms with Crippen LogP contribution < -0.4 is 0 Å². The van der Waals surface area contributed by atoms with E-state index in [1.165, 1.54) is 7.11 Å². The zero-order valence-electron chi connectivity index (χ0n) is 8.91. The summed E-state index contributed by atoms with van der Waals surface area (Å²) in [6, 6.07) is 2.11. The molecule has 17 heavy (non-hydrogen) atoms. The van der Waals surface area contributed by atoms with Crippen LogP contribution in [0, 0.1) is 15.9 Å². The van der Waals surface area contributed by atoms with Crippen molar-refractivity contribution in [3.05, 3.63) is 39.2 Å². The number of benzene rings is 1. The maximum atomic E-state index is 13.4. The van der Waals surface area contributed by atoms with Crippen LogP contribution in [0.1, 0.15) is 11.1 Å². The second-order valence-corrected chi connectivity index (χ2v) is 3.78. The van der Waals surface area contributed by atoms with E-state index in [9.17, 15) is 19.3 Å². The second kappa shape index (κ2) is 5.72. The molecular weight excluding hydrogens is 297 g/mol. The van der Waals surface area contributed by atoms with Gasteiger partial charge in [-0.3, -0.25) is 14.9 Å². The number of rotatable bonds is 4. The predicted molar refractivity (Wildman–Crippen MR) is 61.4 cm³/mol. The Labute approximate surface area is 105 Å². The summed E-state index contributed by atoms with van der Waals surface area (Å²) in [5.74, 6) is -1.49. The Balaban J connectivity index is 3.18. The highest BCUT2D eigenvalue weighted by atomic mass is 79.9. The highest BCUT2D eigenvalue weighted by Crippen LogP contribution is 2.24. The minimum Gasteiger partial charge on any atom is -0.469 e. The molecule has 0 N–H and O–H groups in total. The summed E-state index contributed by atoms with van der Waals surface area (Å²) in [7, 11) is 1.22. The van der Waals surface area contributed by atoms with Crippen LogP contribution in [0.25, 0.3) is 0 Å². The van der Waals surface area contributed by atoms with Gasteiger partial charge in [0.1, 0.15) is 0 Å². The van der Waals surface area contributed by atoms with E-state index in [2.05, 4.69) is 20.7 Å². The predicted octanol–water partition coefficient (Wildman–Crippen LogP) is 2.34. The number of methoxy groups -OCH3 is 1. The normalized spacial score (nSPS) is 10.1. The van der Waals surface area contributed by atoms with E-state index in [0.29, 0.717) is 16.5 Å². The Morgan fingerprint density at radius 1 is 1.53 bits per heavy atom. The van der Waals surface area contributed by atoms with Crippen molar-refractivity contribution >= 4 is 27.6 Å². The summed E-state index contributed by atoms with van der Waals surface area (Å²) < 4.78 is 17.8. The molecule has 0 saturated carbocycles. The maximum absolute atomic E-state index is 13.4. The van der Waals surface area contributed by atoms with Gasteiger partial charge >= 0.3 is 11.7 Å². The lowest BCUT2D eigenvalue weighted by atomic mass is 10.0. The van der Waals surface area contributed by atoms with Crippen molar-refractivity contribution in [3.8, 4) is 0 Å². The molecule has 0 amide bonds. The van der Waals surface area contributed by atoms with Gasteiger partial charge in [0.25, 0.3) is 0 Å². The molecule has 0 aliphatic carbocycles. The van der Waals surface area contributed by atoms with Crippen LogP contribution in [-0.4, -0.2) is 18.0 Å². The third-order valence-electron chi connectivity index (χ3n) is 2.17. The monoisotopic (exact) mass is 305 g/mol. The lowest BCUT2D eigenvalue weighted by molar-refractivity contribution is -0.387. The number of hydrogen-bond donors (Lipinski definition) is 0. The number of nitro benzene ring substituents is 1. The van der Waals surface area contributed by atoms with Crippen LogP contribution >= 0.6 is 15.9 Å². The van der Waals surface area contributed by atoms with Gasteiger partial charge in [-0.25, -0.2) is 0 Å². The molecule has 0 aliphatic heterocycles. The molecule has 0 aromatic heterocycles. The quantitative estimate of drug-likeness (QED) is 0.370. The summed E-state index contributed by atoms with van der Waals surface area (Å²) in [6.07, 6.45) is -0.119. The number of carbonyl (C=O) groups is 1. The first kappa shape index (κ1) is 13.6. The highest BCUT2D eigenvalue weighted by molar-refractivity contribution is 9.08. The third kappa shape index (κ3) is 3.23. The molecule has 0 unspecified atom stereocenters. The molecule has 1 rings (SSSR count). The Kier molecular flexibility index (Phi) is 4.56. The number of hydrogen-bond acceptors (Lipinski definition) is 4. The SMILES string of the molecule is COC(=O)Cc1cc(F)c([N+](=O)[O-])cc1CBr. The van der Waals surface area contributed by atoms with Crippen LogP contribution in [0.15, 0.2) is 12.1 Å². The fraction of sp³-hybridized carbons (Fsp3) is 0.300. The number of alkyl halides is 1. The molecule has 0 fully saturated rings. The molecule has 0 spiro atoms. The first-order valence-corrected chi connectivity index (χ1v) is 5.70. The van der Waals surface area contributed by atoms with Crippen molar-refractivity contribution in [2.75, 3.05) is 7.11 Å². The van der Waals surface area contributed by atoms with Gasteiger partial charge in [0.05, 0.1) is 18.5 Å². The molecule has 7 heteroatoms. The minimum atomic E-state index is -0.960. The van der Waals surface area contributed by atoms with E-state index < -0.39 is 22.4 Å². The zero-order valence-corrected chi connectivity index (χ0v) is 10.5. The molecule has 0 atom stereocenters. The van der Waals surface area contributed by atoms with E-state index in [1.54, 1.807) is 0 Å². The van der Waals surface area contributed by atoms with Gasteiger partial charge in [0, 0.05) is 11.4 Å². The summed E-state index contributed by atoms with van der Waals surface area (Å²) in [5, 5.41) is 10.8. The Bertz CT molecular complexity index is 464. The van der Waals surface area contributed by atoms with E-state index in [0.717, 1.165) is 12.1 Å². The van der Waals surface area contributed by atoms with Gasteiger partial charge in [-0.1, -0.05) is 15.9 Å². The number of nitrogens with zero attached hydrogens (tertiary/aromatic N) is 1. The van der Waals surface area contributed by atoms with Crippen LogP contribution in [-0.2, 0) is 21.3 Å². The summed E-state index contributed by atoms with van der Waals surface area (Å²) in [6.45, 7) is 0. The van der Waals surface area contributed by atoms with Gasteiger partial charge in [0.15, 0.2) is 0 Å². The Morgan fingerprint density at radius 3 is 2.65 bits per heavy atom. The highest BCUT2D eigenvalue weighted by Gasteiger charge is 2.19. The fourth-order valence-corrected chi connectivity index (χ4v) is 1.82. The van der Waals surface area contributed by atoms with Crippen molar-refractivity contribution in [2.24, 2.45) is 0 Å². The first-order chi connectivity index (χ1) is 7.99. The van der Waals surface area contributed by atoms with Crippen LogP contribution in [0.3, 0.4) is 0 Å². The second-order valence-electron chi connectivity index (χ2n) is 3.22. The average molecular weight is 306 g/mol. The molecular formula is C10H9BrFNO4. The van der Waals surface area contributed by atoms with Gasteiger partial charge in [0.2, 0.25) is 5.82 Å². The molecule has 0 radical (unpaired) electrons. The molecule has 92 valence electrons. The zero-order chi connectivity index (χ0) is 13.0. The van der Waals surface area contributed by atoms with E-state index in [4.69, 9.17) is 0 Å². The fourth-order valence-electron chi connectivity index (χ4n) is 1.30. The molecule has 0 bridgehead atoms. The maximum Gasteiger partial charge on any atom is 0.309 e. The molecule has 0 saturated heterocycles. The molecule has 1 aromatic carbocycles. The minimum absolute atomic E-state index is 0.119. The van der Waals surface area contributed by atoms with E-state index in [-0.39, 0.29) is 6.42 Å². The summed E-state index contributed by atoms with van der Waals surface area (Å²) in [4.78, 5) is 20.8. The lowest BCUT2D eigenvalue weighted by Crippen LogP contribution is -2.08. The topological polar surface area (TPSA) is 69.4 Å². The van der Waals surface area contributed by atoms with E-state index >= 15 is 0 Å². The number of esters is 1.